The number of carbonyl (C=O) groups is 1. The molecule has 1 rings (SSSR count). The lowest BCUT2D eigenvalue weighted by Crippen LogP contribution is -1.82. The third-order valence-corrected chi connectivity index (χ3v) is 1.69. The Morgan fingerprint density at radius 2 is 2.00 bits per heavy atom. The molecule has 1 heteroatoms. The quantitative estimate of drug-likeness (QED) is 0.608. The SMILES string of the molecule is CC(=O)C=Cc1ccccc1C. The highest BCUT2D eigenvalue weighted by atomic mass is 16.1. The minimum atomic E-state index is 0.0817. The van der Waals surface area contributed by atoms with Crippen LogP contribution in [0, 0.1) is 6.92 Å². The summed E-state index contributed by atoms with van der Waals surface area (Å²) in [7, 11) is 0. The maximum Gasteiger partial charge on any atom is 0.152 e. The summed E-state index contributed by atoms with van der Waals surface area (Å²) < 4.78 is 0. The first-order valence-corrected chi connectivity index (χ1v) is 3.94. The van der Waals surface area contributed by atoms with Crippen LogP contribution in [-0.4, -0.2) is 5.78 Å². The second-order valence-electron chi connectivity index (χ2n) is 2.80. The molecule has 0 N–H and O–H groups in total. The fourth-order valence-corrected chi connectivity index (χ4v) is 0.981. The highest BCUT2D eigenvalue weighted by molar-refractivity contribution is 5.91. The topological polar surface area (TPSA) is 17.1 Å². The largest absolute Gasteiger partial charge is 0.295 e. The second-order valence-corrected chi connectivity index (χ2v) is 2.80. The van der Waals surface area contributed by atoms with Crippen LogP contribution in [0.3, 0.4) is 0 Å². The van der Waals surface area contributed by atoms with E-state index in [2.05, 4.69) is 0 Å². The maximum atomic E-state index is 10.6. The summed E-state index contributed by atoms with van der Waals surface area (Å²) in [5, 5.41) is 0. The van der Waals surface area contributed by atoms with Gasteiger partial charge in [0.15, 0.2) is 5.78 Å². The van der Waals surface area contributed by atoms with Gasteiger partial charge in [0.25, 0.3) is 0 Å². The van der Waals surface area contributed by atoms with Gasteiger partial charge in [0.05, 0.1) is 0 Å². The fourth-order valence-electron chi connectivity index (χ4n) is 0.981. The number of allylic oxidation sites excluding steroid dienone is 1. The average Bonchev–Trinajstić information content (AvgIpc) is 2.03. The van der Waals surface area contributed by atoms with E-state index in [1.54, 1.807) is 13.0 Å². The van der Waals surface area contributed by atoms with Crippen LogP contribution in [-0.2, 0) is 4.79 Å². The molecule has 0 fully saturated rings. The van der Waals surface area contributed by atoms with Gasteiger partial charge in [-0.25, -0.2) is 0 Å². The van der Waals surface area contributed by atoms with E-state index in [1.165, 1.54) is 5.56 Å². The standard InChI is InChI=1S/C11H12O/c1-9-5-3-4-6-11(9)8-7-10(2)12/h3-8H,1-2H3. The summed E-state index contributed by atoms with van der Waals surface area (Å²) in [6.45, 7) is 3.58. The molecule has 1 aromatic carbocycles. The second kappa shape index (κ2) is 3.86. The number of aryl methyl sites for hydroxylation is 1. The fraction of sp³-hybridized carbons (Fsp3) is 0.182. The van der Waals surface area contributed by atoms with E-state index in [4.69, 9.17) is 0 Å². The first kappa shape index (κ1) is 8.72. The molecule has 0 saturated heterocycles. The summed E-state index contributed by atoms with van der Waals surface area (Å²) in [5.41, 5.74) is 2.29. The van der Waals surface area contributed by atoms with Gasteiger partial charge in [-0.2, -0.15) is 0 Å². The van der Waals surface area contributed by atoms with E-state index in [9.17, 15) is 4.79 Å². The third-order valence-electron chi connectivity index (χ3n) is 1.69. The Morgan fingerprint density at radius 1 is 1.33 bits per heavy atom. The monoisotopic (exact) mass is 160 g/mol. The van der Waals surface area contributed by atoms with E-state index in [-0.39, 0.29) is 5.78 Å². The van der Waals surface area contributed by atoms with Crippen molar-refractivity contribution in [2.75, 3.05) is 0 Å². The molecular weight excluding hydrogens is 148 g/mol. The van der Waals surface area contributed by atoms with Crippen molar-refractivity contribution in [1.29, 1.82) is 0 Å². The van der Waals surface area contributed by atoms with Gasteiger partial charge in [-0.15, -0.1) is 0 Å². The Kier molecular flexibility index (Phi) is 2.81. The number of hydrogen-bond acceptors (Lipinski definition) is 1. The van der Waals surface area contributed by atoms with Crippen molar-refractivity contribution in [3.05, 3.63) is 41.5 Å². The van der Waals surface area contributed by atoms with Gasteiger partial charge in [-0.1, -0.05) is 30.3 Å². The van der Waals surface area contributed by atoms with Crippen molar-refractivity contribution in [3.63, 3.8) is 0 Å². The molecule has 0 saturated carbocycles. The first-order chi connectivity index (χ1) is 5.70. The van der Waals surface area contributed by atoms with Crippen LogP contribution in [0.2, 0.25) is 0 Å². The van der Waals surface area contributed by atoms with Crippen molar-refractivity contribution in [3.8, 4) is 0 Å². The van der Waals surface area contributed by atoms with Crippen LogP contribution < -0.4 is 0 Å². The van der Waals surface area contributed by atoms with E-state index in [1.807, 2.05) is 37.3 Å². The minimum absolute atomic E-state index is 0.0817. The summed E-state index contributed by atoms with van der Waals surface area (Å²) in [6, 6.07) is 7.97. The van der Waals surface area contributed by atoms with Crippen LogP contribution in [0.4, 0.5) is 0 Å². The van der Waals surface area contributed by atoms with E-state index < -0.39 is 0 Å². The van der Waals surface area contributed by atoms with Gasteiger partial charge < -0.3 is 0 Å². The van der Waals surface area contributed by atoms with Gasteiger partial charge in [-0.3, -0.25) is 4.79 Å². The van der Waals surface area contributed by atoms with Gasteiger partial charge in [-0.05, 0) is 31.1 Å². The molecule has 0 radical (unpaired) electrons. The van der Waals surface area contributed by atoms with Crippen LogP contribution in [0.15, 0.2) is 30.3 Å². The summed E-state index contributed by atoms with van der Waals surface area (Å²) >= 11 is 0. The van der Waals surface area contributed by atoms with Crippen molar-refractivity contribution in [1.82, 2.24) is 0 Å². The van der Waals surface area contributed by atoms with Crippen LogP contribution in [0.5, 0.6) is 0 Å². The zero-order chi connectivity index (χ0) is 8.97. The molecule has 0 aromatic heterocycles. The number of rotatable bonds is 2. The molecule has 12 heavy (non-hydrogen) atoms. The third kappa shape index (κ3) is 2.35. The van der Waals surface area contributed by atoms with Crippen molar-refractivity contribution in [2.24, 2.45) is 0 Å². The molecule has 1 aromatic rings. The molecule has 0 amide bonds. The number of benzene rings is 1. The lowest BCUT2D eigenvalue weighted by molar-refractivity contribution is -0.112. The minimum Gasteiger partial charge on any atom is -0.295 e. The van der Waals surface area contributed by atoms with E-state index >= 15 is 0 Å². The lowest BCUT2D eigenvalue weighted by Gasteiger charge is -1.96. The predicted octanol–water partition coefficient (Wildman–Crippen LogP) is 2.60. The zero-order valence-electron chi connectivity index (χ0n) is 7.37. The number of carbonyl (C=O) groups excluding carboxylic acids is 1. The van der Waals surface area contributed by atoms with Gasteiger partial charge >= 0.3 is 0 Å². The van der Waals surface area contributed by atoms with Crippen LogP contribution in [0.25, 0.3) is 6.08 Å². The normalized spacial score (nSPS) is 10.5. The van der Waals surface area contributed by atoms with Gasteiger partial charge in [0, 0.05) is 0 Å². The van der Waals surface area contributed by atoms with Crippen molar-refractivity contribution < 1.29 is 4.79 Å². The molecule has 0 atom stereocenters. The molecule has 1 nitrogen and oxygen atoms in total. The molecule has 62 valence electrons. The van der Waals surface area contributed by atoms with Gasteiger partial charge in [0.1, 0.15) is 0 Å². The molecule has 0 bridgehead atoms. The summed E-state index contributed by atoms with van der Waals surface area (Å²) in [4.78, 5) is 10.6. The molecule has 0 spiro atoms. The number of ketones is 1. The Bertz CT molecular complexity index is 311. The molecule has 0 heterocycles. The lowest BCUT2D eigenvalue weighted by atomic mass is 10.1. The first-order valence-electron chi connectivity index (χ1n) is 3.94. The Balaban J connectivity index is 2.89. The zero-order valence-corrected chi connectivity index (χ0v) is 7.37. The van der Waals surface area contributed by atoms with E-state index in [0.717, 1.165) is 5.56 Å². The highest BCUT2D eigenvalue weighted by Crippen LogP contribution is 2.08. The Labute approximate surface area is 72.7 Å². The molecule has 0 aliphatic rings. The van der Waals surface area contributed by atoms with Gasteiger partial charge in [0.2, 0.25) is 0 Å². The number of hydrogen-bond donors (Lipinski definition) is 0. The highest BCUT2D eigenvalue weighted by Gasteiger charge is 1.90. The molecule has 0 unspecified atom stereocenters. The smallest absolute Gasteiger partial charge is 0.152 e. The molecule has 0 aliphatic heterocycles. The van der Waals surface area contributed by atoms with E-state index in [0.29, 0.717) is 0 Å². The molecule has 0 aliphatic carbocycles. The maximum absolute atomic E-state index is 10.6. The van der Waals surface area contributed by atoms with Crippen molar-refractivity contribution in [2.45, 2.75) is 13.8 Å². The average molecular weight is 160 g/mol. The molecular formula is C11H12O. The Morgan fingerprint density at radius 3 is 2.58 bits per heavy atom. The summed E-state index contributed by atoms with van der Waals surface area (Å²) in [5.74, 6) is 0.0817. The van der Waals surface area contributed by atoms with Crippen LogP contribution >= 0.6 is 0 Å². The van der Waals surface area contributed by atoms with Crippen molar-refractivity contribution >= 4 is 11.9 Å². The predicted molar refractivity (Wildman–Crippen MR) is 50.9 cm³/mol. The summed E-state index contributed by atoms with van der Waals surface area (Å²) in [6.07, 6.45) is 3.43. The van der Waals surface area contributed by atoms with Crippen LogP contribution in [0.1, 0.15) is 18.1 Å². The Hall–Kier alpha value is -1.37.